The first-order valence-electron chi connectivity index (χ1n) is 22.8. The van der Waals surface area contributed by atoms with Gasteiger partial charge in [-0.25, -0.2) is 4.98 Å². The number of hydrogen-bond acceptors (Lipinski definition) is 3. The van der Waals surface area contributed by atoms with E-state index in [0.29, 0.717) is 17.6 Å². The molecule has 2 aromatic heterocycles. The van der Waals surface area contributed by atoms with Crippen LogP contribution in [0.4, 0.5) is 0 Å². The maximum atomic E-state index is 5.51. The molecule has 0 amide bonds. The Labute approximate surface area is 378 Å². The van der Waals surface area contributed by atoms with Crippen molar-refractivity contribution in [3.8, 4) is 51.0 Å². The molecule has 310 valence electrons. The van der Waals surface area contributed by atoms with Crippen LogP contribution in [-0.4, -0.2) is 19.5 Å². The number of hydrogen-bond donors (Lipinski definition) is 0. The lowest BCUT2D eigenvalue weighted by molar-refractivity contribution is 0.660. The molecule has 1 aliphatic carbocycles. The van der Waals surface area contributed by atoms with E-state index in [1.165, 1.54) is 61.0 Å². The first-order valence-corrected chi connectivity index (χ1v) is 22.8. The van der Waals surface area contributed by atoms with Gasteiger partial charge in [-0.1, -0.05) is 210 Å². The maximum Gasteiger partial charge on any atom is 0.238 e. The highest BCUT2D eigenvalue weighted by molar-refractivity contribution is 6.33. The largest absolute Gasteiger partial charge is 0.277 e. The Bertz CT molecular complexity index is 3780. The molecular formula is C61H46N4. The Morgan fingerprint density at radius 1 is 0.385 bits per heavy atom. The average Bonchev–Trinajstić information content (AvgIpc) is 3.83. The van der Waals surface area contributed by atoms with Crippen LogP contribution in [0.1, 0.15) is 45.2 Å². The van der Waals surface area contributed by atoms with E-state index in [0.717, 1.165) is 54.8 Å². The van der Waals surface area contributed by atoms with Gasteiger partial charge in [-0.2, -0.15) is 9.97 Å². The van der Waals surface area contributed by atoms with E-state index in [-0.39, 0.29) is 5.41 Å². The Balaban J connectivity index is 0.00000144. The van der Waals surface area contributed by atoms with Gasteiger partial charge in [0.2, 0.25) is 5.95 Å². The number of rotatable bonds is 4. The lowest BCUT2D eigenvalue weighted by Gasteiger charge is -2.22. The molecule has 0 unspecified atom stereocenters. The summed E-state index contributed by atoms with van der Waals surface area (Å²) in [7, 11) is 0. The first-order chi connectivity index (χ1) is 31.9. The van der Waals surface area contributed by atoms with Gasteiger partial charge in [0.1, 0.15) is 0 Å². The second kappa shape index (κ2) is 15.1. The van der Waals surface area contributed by atoms with Crippen LogP contribution >= 0.6 is 0 Å². The molecular weight excluding hydrogens is 789 g/mol. The number of aromatic nitrogens is 4. The van der Waals surface area contributed by atoms with Crippen molar-refractivity contribution < 1.29 is 0 Å². The second-order valence-electron chi connectivity index (χ2n) is 17.9. The molecule has 65 heavy (non-hydrogen) atoms. The van der Waals surface area contributed by atoms with Crippen LogP contribution in [0.15, 0.2) is 194 Å². The van der Waals surface area contributed by atoms with Gasteiger partial charge in [0, 0.05) is 38.3 Å². The van der Waals surface area contributed by atoms with Crippen LogP contribution in [0.25, 0.3) is 116 Å². The van der Waals surface area contributed by atoms with Gasteiger partial charge >= 0.3 is 0 Å². The summed E-state index contributed by atoms with van der Waals surface area (Å²) >= 11 is 0. The third-order valence-corrected chi connectivity index (χ3v) is 13.4. The molecule has 0 saturated heterocycles. The van der Waals surface area contributed by atoms with Gasteiger partial charge in [-0.05, 0) is 83.7 Å². The van der Waals surface area contributed by atoms with Crippen molar-refractivity contribution >= 4 is 64.9 Å². The lowest BCUT2D eigenvalue weighted by atomic mass is 9.81. The molecule has 0 atom stereocenters. The quantitative estimate of drug-likeness (QED) is 0.166. The van der Waals surface area contributed by atoms with Gasteiger partial charge in [0.05, 0.1) is 11.0 Å². The highest BCUT2D eigenvalue weighted by atomic mass is 15.2. The fourth-order valence-corrected chi connectivity index (χ4v) is 10.4. The number of nitrogens with zero attached hydrogens (tertiary/aromatic N) is 4. The lowest BCUT2D eigenvalue weighted by Crippen LogP contribution is -2.14. The molecule has 4 nitrogen and oxygen atoms in total. The zero-order chi connectivity index (χ0) is 43.8. The van der Waals surface area contributed by atoms with Gasteiger partial charge in [-0.3, -0.25) is 4.57 Å². The molecule has 0 N–H and O–H groups in total. The van der Waals surface area contributed by atoms with Crippen molar-refractivity contribution in [1.82, 2.24) is 19.5 Å². The molecule has 0 aliphatic heterocycles. The minimum Gasteiger partial charge on any atom is -0.277 e. The predicted molar refractivity (Wildman–Crippen MR) is 274 cm³/mol. The summed E-state index contributed by atoms with van der Waals surface area (Å²) < 4.78 is 2.35. The highest BCUT2D eigenvalue weighted by Gasteiger charge is 2.35. The van der Waals surface area contributed by atoms with Crippen LogP contribution in [0, 0.1) is 0 Å². The summed E-state index contributed by atoms with van der Waals surface area (Å²) in [5.41, 5.74) is 11.5. The smallest absolute Gasteiger partial charge is 0.238 e. The van der Waals surface area contributed by atoms with E-state index in [4.69, 9.17) is 15.0 Å². The molecule has 12 aromatic rings. The summed E-state index contributed by atoms with van der Waals surface area (Å²) in [6, 6.07) is 70.2. The topological polar surface area (TPSA) is 43.6 Å². The monoisotopic (exact) mass is 834 g/mol. The average molecular weight is 835 g/mol. The molecule has 0 saturated carbocycles. The Morgan fingerprint density at radius 2 is 0.877 bits per heavy atom. The predicted octanol–water partition coefficient (Wildman–Crippen LogP) is 16.3. The Hall–Kier alpha value is -7.95. The minimum atomic E-state index is -0.146. The van der Waals surface area contributed by atoms with E-state index >= 15 is 0 Å². The number of fused-ring (bicyclic) bond motifs is 13. The van der Waals surface area contributed by atoms with Crippen molar-refractivity contribution in [2.45, 2.75) is 39.5 Å². The second-order valence-corrected chi connectivity index (χ2v) is 17.9. The van der Waals surface area contributed by atoms with Gasteiger partial charge in [0.25, 0.3) is 0 Å². The standard InChI is InChI=1S/C58H38N4.C3H8/c1-58(2)50-25-12-11-20-45(50)46-31-30-39(34-51(46)58)42-23-13-24-49-52-47-21-9-7-18-43(47)44-19-8-10-22-48(44)54(52)62(53(42)49)57-60-55(40-28-26-35-14-3-5-16-37(35)32-40)59-56(61-57)41-29-27-36-15-4-6-17-38(36)33-41;1-3-2/h3-34H,1-2H3;3H2,1-2H3. The van der Waals surface area contributed by atoms with Crippen molar-refractivity contribution in [3.63, 3.8) is 0 Å². The van der Waals surface area contributed by atoms with Crippen LogP contribution in [0.2, 0.25) is 0 Å². The van der Waals surface area contributed by atoms with Gasteiger partial charge < -0.3 is 0 Å². The summed E-state index contributed by atoms with van der Waals surface area (Å²) in [6.45, 7) is 8.95. The van der Waals surface area contributed by atoms with Gasteiger partial charge in [0.15, 0.2) is 11.6 Å². The van der Waals surface area contributed by atoms with E-state index in [2.05, 4.69) is 226 Å². The minimum absolute atomic E-state index is 0.146. The Morgan fingerprint density at radius 3 is 1.54 bits per heavy atom. The first kappa shape index (κ1) is 38.7. The molecule has 0 fully saturated rings. The van der Waals surface area contributed by atoms with Gasteiger partial charge in [-0.15, -0.1) is 0 Å². The third kappa shape index (κ3) is 6.08. The van der Waals surface area contributed by atoms with Crippen molar-refractivity contribution in [2.24, 2.45) is 0 Å². The van der Waals surface area contributed by atoms with Crippen LogP contribution in [0.5, 0.6) is 0 Å². The van der Waals surface area contributed by atoms with Crippen molar-refractivity contribution in [1.29, 1.82) is 0 Å². The van der Waals surface area contributed by atoms with Crippen LogP contribution in [-0.2, 0) is 5.41 Å². The molecule has 4 heteroatoms. The fraction of sp³-hybridized carbons (Fsp3) is 0.0984. The van der Waals surface area contributed by atoms with E-state index in [9.17, 15) is 0 Å². The molecule has 13 rings (SSSR count). The van der Waals surface area contributed by atoms with Crippen molar-refractivity contribution in [2.75, 3.05) is 0 Å². The van der Waals surface area contributed by atoms with Crippen LogP contribution < -0.4 is 0 Å². The van der Waals surface area contributed by atoms with Crippen molar-refractivity contribution in [3.05, 3.63) is 205 Å². The highest BCUT2D eigenvalue weighted by Crippen LogP contribution is 2.51. The van der Waals surface area contributed by atoms with E-state index < -0.39 is 0 Å². The zero-order valence-electron chi connectivity index (χ0n) is 37.0. The normalized spacial score (nSPS) is 12.8. The van der Waals surface area contributed by atoms with E-state index in [1.54, 1.807) is 0 Å². The summed E-state index contributed by atoms with van der Waals surface area (Å²) in [5.74, 6) is 1.82. The molecule has 2 heterocycles. The molecule has 1 aliphatic rings. The zero-order valence-corrected chi connectivity index (χ0v) is 37.0. The molecule has 0 radical (unpaired) electrons. The summed E-state index contributed by atoms with van der Waals surface area (Å²) in [4.78, 5) is 16.3. The molecule has 0 spiro atoms. The maximum absolute atomic E-state index is 5.51. The van der Waals surface area contributed by atoms with E-state index in [1.807, 2.05) is 0 Å². The SMILES string of the molecule is CC1(C)c2ccccc2-c2ccc(-c3cccc4c5c6ccccc6c6ccccc6c5n(-c5nc(-c6ccc7ccccc7c6)nc(-c6ccc7ccccc7c6)n5)c34)cc21.CCC. The third-order valence-electron chi connectivity index (χ3n) is 13.4. The van der Waals surface area contributed by atoms with Crippen LogP contribution in [0.3, 0.4) is 0 Å². The Kier molecular flexibility index (Phi) is 8.99. The number of para-hydroxylation sites is 1. The molecule has 10 aromatic carbocycles. The summed E-state index contributed by atoms with van der Waals surface area (Å²) in [6.07, 6.45) is 1.25. The molecule has 0 bridgehead atoms. The summed E-state index contributed by atoms with van der Waals surface area (Å²) in [5, 5.41) is 11.7. The number of benzene rings is 10. The fourth-order valence-electron chi connectivity index (χ4n) is 10.4.